The van der Waals surface area contributed by atoms with Crippen molar-refractivity contribution in [3.63, 3.8) is 0 Å². The van der Waals surface area contributed by atoms with Gasteiger partial charge in [-0.3, -0.25) is 0 Å². The van der Waals surface area contributed by atoms with Gasteiger partial charge in [-0.25, -0.2) is 13.2 Å². The lowest BCUT2D eigenvalue weighted by Crippen LogP contribution is -2.22. The van der Waals surface area contributed by atoms with Gasteiger partial charge in [0.1, 0.15) is 11.6 Å². The van der Waals surface area contributed by atoms with E-state index in [0.717, 1.165) is 38.5 Å². The SMILES string of the molecule is CCc1cc(F)c(C#CC2CCC(C3CC=C(F)CC3)CC2)c(F)c1. The predicted molar refractivity (Wildman–Crippen MR) is 94.6 cm³/mol. The van der Waals surface area contributed by atoms with Crippen molar-refractivity contribution in [3.05, 3.63) is 46.8 Å². The molecule has 0 heterocycles. The second-order valence-corrected chi connectivity index (χ2v) is 7.35. The lowest BCUT2D eigenvalue weighted by molar-refractivity contribution is 0.208. The predicted octanol–water partition coefficient (Wildman–Crippen LogP) is 6.34. The highest BCUT2D eigenvalue weighted by molar-refractivity contribution is 5.39. The van der Waals surface area contributed by atoms with E-state index in [0.29, 0.717) is 30.2 Å². The Morgan fingerprint density at radius 1 is 0.960 bits per heavy atom. The number of benzene rings is 1. The van der Waals surface area contributed by atoms with Gasteiger partial charge in [0.25, 0.3) is 0 Å². The van der Waals surface area contributed by atoms with Gasteiger partial charge in [0, 0.05) is 5.92 Å². The second-order valence-electron chi connectivity index (χ2n) is 7.35. The maximum Gasteiger partial charge on any atom is 0.142 e. The maximum atomic E-state index is 14.0. The third-order valence-electron chi connectivity index (χ3n) is 5.75. The number of allylic oxidation sites excluding steroid dienone is 2. The van der Waals surface area contributed by atoms with Crippen molar-refractivity contribution in [2.45, 2.75) is 58.3 Å². The zero-order valence-corrected chi connectivity index (χ0v) is 14.8. The molecule has 0 amide bonds. The number of hydrogen-bond acceptors (Lipinski definition) is 0. The van der Waals surface area contributed by atoms with Crippen LogP contribution in [0.25, 0.3) is 0 Å². The third kappa shape index (κ3) is 4.48. The van der Waals surface area contributed by atoms with Gasteiger partial charge in [-0.15, -0.1) is 0 Å². The molecule has 0 aromatic heterocycles. The zero-order valence-electron chi connectivity index (χ0n) is 14.8. The first-order valence-corrected chi connectivity index (χ1v) is 9.40. The van der Waals surface area contributed by atoms with E-state index >= 15 is 0 Å². The Morgan fingerprint density at radius 3 is 2.20 bits per heavy atom. The van der Waals surface area contributed by atoms with Crippen molar-refractivity contribution < 1.29 is 13.2 Å². The summed E-state index contributed by atoms with van der Waals surface area (Å²) in [6.45, 7) is 1.87. The fourth-order valence-electron chi connectivity index (χ4n) is 4.11. The normalized spacial score (nSPS) is 26.6. The summed E-state index contributed by atoms with van der Waals surface area (Å²) in [5.74, 6) is 6.17. The first-order chi connectivity index (χ1) is 12.1. The van der Waals surface area contributed by atoms with Crippen molar-refractivity contribution in [1.29, 1.82) is 0 Å². The molecule has 134 valence electrons. The lowest BCUT2D eigenvalue weighted by atomic mass is 9.72. The van der Waals surface area contributed by atoms with E-state index in [1.807, 2.05) is 6.92 Å². The average molecular weight is 346 g/mol. The molecule has 0 N–H and O–H groups in total. The molecule has 1 saturated carbocycles. The summed E-state index contributed by atoms with van der Waals surface area (Å²) in [5.41, 5.74) is 0.547. The molecular formula is C22H25F3. The topological polar surface area (TPSA) is 0 Å². The molecule has 0 nitrogen and oxygen atoms in total. The van der Waals surface area contributed by atoms with E-state index in [2.05, 4.69) is 11.8 Å². The molecular weight excluding hydrogens is 321 g/mol. The fourth-order valence-corrected chi connectivity index (χ4v) is 4.11. The minimum absolute atomic E-state index is 0.0361. The number of aryl methyl sites for hydroxylation is 1. The van der Waals surface area contributed by atoms with Crippen LogP contribution < -0.4 is 0 Å². The molecule has 0 bridgehead atoms. The quantitative estimate of drug-likeness (QED) is 0.548. The van der Waals surface area contributed by atoms with Gasteiger partial charge in [-0.05, 0) is 80.9 Å². The number of halogens is 3. The minimum atomic E-state index is -0.561. The van der Waals surface area contributed by atoms with Crippen LogP contribution in [0.5, 0.6) is 0 Å². The molecule has 2 aliphatic rings. The molecule has 1 unspecified atom stereocenters. The van der Waals surface area contributed by atoms with E-state index in [1.54, 1.807) is 6.08 Å². The average Bonchev–Trinajstić information content (AvgIpc) is 2.62. The summed E-state index contributed by atoms with van der Waals surface area (Å²) in [5, 5.41) is 0. The van der Waals surface area contributed by atoms with Crippen LogP contribution in [-0.4, -0.2) is 0 Å². The van der Waals surface area contributed by atoms with Crippen LogP contribution in [-0.2, 0) is 6.42 Å². The largest absolute Gasteiger partial charge is 0.212 e. The van der Waals surface area contributed by atoms with Crippen LogP contribution in [0.3, 0.4) is 0 Å². The summed E-state index contributed by atoms with van der Waals surface area (Å²) in [6.07, 6.45) is 8.83. The van der Waals surface area contributed by atoms with Crippen molar-refractivity contribution in [3.8, 4) is 11.8 Å². The molecule has 1 aromatic carbocycles. The Hall–Kier alpha value is -1.69. The second kappa shape index (κ2) is 8.13. The van der Waals surface area contributed by atoms with Crippen molar-refractivity contribution >= 4 is 0 Å². The number of rotatable bonds is 2. The van der Waals surface area contributed by atoms with Gasteiger partial charge in [0.2, 0.25) is 0 Å². The molecule has 2 aliphatic carbocycles. The van der Waals surface area contributed by atoms with E-state index < -0.39 is 11.6 Å². The standard InChI is InChI=1S/C22H25F3/c1-2-15-13-21(24)20(22(25)14-15)12-5-16-3-6-17(7-4-16)18-8-10-19(23)11-9-18/h10,13-14,16-18H,2-4,6-9,11H2,1H3. The van der Waals surface area contributed by atoms with Gasteiger partial charge < -0.3 is 0 Å². The molecule has 3 rings (SSSR count). The molecule has 25 heavy (non-hydrogen) atoms. The minimum Gasteiger partial charge on any atom is -0.212 e. The van der Waals surface area contributed by atoms with Crippen LogP contribution in [0.15, 0.2) is 24.0 Å². The van der Waals surface area contributed by atoms with Crippen molar-refractivity contribution in [2.75, 3.05) is 0 Å². The molecule has 0 radical (unpaired) electrons. The van der Waals surface area contributed by atoms with Crippen LogP contribution in [0.1, 0.15) is 63.0 Å². The smallest absolute Gasteiger partial charge is 0.142 e. The lowest BCUT2D eigenvalue weighted by Gasteiger charge is -2.33. The summed E-state index contributed by atoms with van der Waals surface area (Å²) in [6, 6.07) is 2.75. The molecule has 0 saturated heterocycles. The molecule has 0 aliphatic heterocycles. The highest BCUT2D eigenvalue weighted by Crippen LogP contribution is 2.39. The van der Waals surface area contributed by atoms with Crippen molar-refractivity contribution in [2.24, 2.45) is 17.8 Å². The molecule has 3 heteroatoms. The fraction of sp³-hybridized carbons (Fsp3) is 0.545. The third-order valence-corrected chi connectivity index (χ3v) is 5.75. The summed E-state index contributed by atoms with van der Waals surface area (Å²) >= 11 is 0. The first kappa shape index (κ1) is 18.1. The highest BCUT2D eigenvalue weighted by atomic mass is 19.1. The van der Waals surface area contributed by atoms with Gasteiger partial charge in [0.15, 0.2) is 0 Å². The summed E-state index contributed by atoms with van der Waals surface area (Å²) in [4.78, 5) is 0. The van der Waals surface area contributed by atoms with Crippen LogP contribution in [0.4, 0.5) is 13.2 Å². The molecule has 1 aromatic rings. The Balaban J connectivity index is 1.59. The van der Waals surface area contributed by atoms with Gasteiger partial charge in [0.05, 0.1) is 11.4 Å². The van der Waals surface area contributed by atoms with Crippen LogP contribution in [0.2, 0.25) is 0 Å². The van der Waals surface area contributed by atoms with E-state index in [-0.39, 0.29) is 17.3 Å². The van der Waals surface area contributed by atoms with Crippen LogP contribution >= 0.6 is 0 Å². The van der Waals surface area contributed by atoms with E-state index in [4.69, 9.17) is 0 Å². The van der Waals surface area contributed by atoms with Gasteiger partial charge >= 0.3 is 0 Å². The van der Waals surface area contributed by atoms with E-state index in [9.17, 15) is 13.2 Å². The number of hydrogen-bond donors (Lipinski definition) is 0. The van der Waals surface area contributed by atoms with Gasteiger partial charge in [-0.1, -0.05) is 24.8 Å². The Morgan fingerprint density at radius 2 is 1.64 bits per heavy atom. The van der Waals surface area contributed by atoms with Crippen LogP contribution in [0, 0.1) is 41.2 Å². The summed E-state index contributed by atoms with van der Waals surface area (Å²) in [7, 11) is 0. The first-order valence-electron chi connectivity index (χ1n) is 9.40. The Labute approximate surface area is 148 Å². The molecule has 1 fully saturated rings. The summed E-state index contributed by atoms with van der Waals surface area (Å²) < 4.78 is 41.2. The van der Waals surface area contributed by atoms with Gasteiger partial charge in [-0.2, -0.15) is 0 Å². The monoisotopic (exact) mass is 346 g/mol. The molecule has 1 atom stereocenters. The van der Waals surface area contributed by atoms with Crippen molar-refractivity contribution in [1.82, 2.24) is 0 Å². The Kier molecular flexibility index (Phi) is 5.89. The maximum absolute atomic E-state index is 14.0. The highest BCUT2D eigenvalue weighted by Gasteiger charge is 2.28. The van der Waals surface area contributed by atoms with E-state index in [1.165, 1.54) is 12.1 Å². The Bertz CT molecular complexity index is 677. The molecule has 0 spiro atoms. The zero-order chi connectivity index (χ0) is 17.8.